The zero-order chi connectivity index (χ0) is 15.2. The van der Waals surface area contributed by atoms with Gasteiger partial charge in [0.05, 0.1) is 12.1 Å². The number of imidazole rings is 1. The average molecular weight is 304 g/mol. The molecule has 0 radical (unpaired) electrons. The highest BCUT2D eigenvalue weighted by Crippen LogP contribution is 2.17. The van der Waals surface area contributed by atoms with Crippen molar-refractivity contribution in [3.8, 4) is 5.75 Å². The smallest absolute Gasteiger partial charge is 0.258 e. The topological polar surface area (TPSA) is 82.2 Å². The van der Waals surface area contributed by atoms with E-state index in [0.29, 0.717) is 17.9 Å². The largest absolute Gasteiger partial charge is 0.483 e. The number of hydrogen-bond acceptors (Lipinski definition) is 4. The molecule has 1 amide bonds. The van der Waals surface area contributed by atoms with Crippen molar-refractivity contribution in [2.24, 2.45) is 12.8 Å². The number of aromatic nitrogens is 2. The number of amides is 1. The van der Waals surface area contributed by atoms with Crippen molar-refractivity contribution in [2.75, 3.05) is 6.61 Å². The summed E-state index contributed by atoms with van der Waals surface area (Å²) >= 11 is 4.94. The second-order valence-corrected chi connectivity index (χ2v) is 4.82. The Morgan fingerprint density at radius 3 is 2.90 bits per heavy atom. The van der Waals surface area contributed by atoms with Gasteiger partial charge in [0, 0.05) is 19.4 Å². The van der Waals surface area contributed by atoms with Crippen molar-refractivity contribution >= 4 is 23.1 Å². The van der Waals surface area contributed by atoms with E-state index in [9.17, 15) is 4.79 Å². The third-order valence-electron chi connectivity index (χ3n) is 2.88. The summed E-state index contributed by atoms with van der Waals surface area (Å²) in [5.41, 5.74) is 6.22. The molecule has 0 fully saturated rings. The number of nitrogens with one attached hydrogen (secondary N) is 1. The van der Waals surface area contributed by atoms with E-state index in [0.717, 1.165) is 5.82 Å². The first-order valence-electron chi connectivity index (χ1n) is 6.32. The van der Waals surface area contributed by atoms with Crippen molar-refractivity contribution in [3.63, 3.8) is 0 Å². The van der Waals surface area contributed by atoms with Crippen LogP contribution in [0, 0.1) is 0 Å². The second-order valence-electron chi connectivity index (χ2n) is 4.38. The molecule has 3 N–H and O–H groups in total. The zero-order valence-electron chi connectivity index (χ0n) is 11.6. The van der Waals surface area contributed by atoms with E-state index in [1.165, 1.54) is 0 Å². The lowest BCUT2D eigenvalue weighted by Gasteiger charge is -2.10. The Bertz CT molecular complexity index is 654. The SMILES string of the molecule is Cn1ccnc1CNC(=O)COc1ccccc1C(N)=S. The highest BCUT2D eigenvalue weighted by Gasteiger charge is 2.09. The summed E-state index contributed by atoms with van der Waals surface area (Å²) in [6.45, 7) is 0.243. The molecule has 2 rings (SSSR count). The molecule has 0 aliphatic carbocycles. The van der Waals surface area contributed by atoms with Crippen molar-refractivity contribution in [1.29, 1.82) is 0 Å². The van der Waals surface area contributed by atoms with Crippen molar-refractivity contribution in [2.45, 2.75) is 6.54 Å². The molecule has 0 aliphatic rings. The Morgan fingerprint density at radius 1 is 1.48 bits per heavy atom. The highest BCUT2D eigenvalue weighted by molar-refractivity contribution is 7.80. The van der Waals surface area contributed by atoms with Gasteiger partial charge in [-0.3, -0.25) is 4.79 Å². The number of benzene rings is 1. The van der Waals surface area contributed by atoms with E-state index in [1.54, 1.807) is 24.4 Å². The summed E-state index contributed by atoms with van der Waals surface area (Å²) in [5.74, 6) is 1.03. The quantitative estimate of drug-likeness (QED) is 0.770. The van der Waals surface area contributed by atoms with Gasteiger partial charge in [-0.25, -0.2) is 4.98 Å². The monoisotopic (exact) mass is 304 g/mol. The molecule has 2 aromatic rings. The molecule has 110 valence electrons. The van der Waals surface area contributed by atoms with E-state index < -0.39 is 0 Å². The Kier molecular flexibility index (Phi) is 4.89. The fourth-order valence-electron chi connectivity index (χ4n) is 1.73. The average Bonchev–Trinajstić information content (AvgIpc) is 2.88. The number of para-hydroxylation sites is 1. The first kappa shape index (κ1) is 15.0. The molecule has 0 aliphatic heterocycles. The lowest BCUT2D eigenvalue weighted by molar-refractivity contribution is -0.123. The first-order chi connectivity index (χ1) is 10.1. The van der Waals surface area contributed by atoms with Gasteiger partial charge in [0.15, 0.2) is 6.61 Å². The molecule has 21 heavy (non-hydrogen) atoms. The van der Waals surface area contributed by atoms with Gasteiger partial charge in [-0.15, -0.1) is 0 Å². The van der Waals surface area contributed by atoms with E-state index >= 15 is 0 Å². The Hall–Kier alpha value is -2.41. The number of carbonyl (C=O) groups is 1. The molecule has 1 heterocycles. The normalized spacial score (nSPS) is 10.1. The van der Waals surface area contributed by atoms with E-state index in [4.69, 9.17) is 22.7 Å². The van der Waals surface area contributed by atoms with Gasteiger partial charge in [0.1, 0.15) is 16.6 Å². The summed E-state index contributed by atoms with van der Waals surface area (Å²) in [5, 5.41) is 2.73. The minimum absolute atomic E-state index is 0.107. The number of nitrogens with two attached hydrogens (primary N) is 1. The molecule has 0 saturated heterocycles. The van der Waals surface area contributed by atoms with Crippen LogP contribution in [0.4, 0.5) is 0 Å². The first-order valence-corrected chi connectivity index (χ1v) is 6.73. The van der Waals surface area contributed by atoms with Crippen LogP contribution in [-0.2, 0) is 18.4 Å². The van der Waals surface area contributed by atoms with Crippen LogP contribution in [0.3, 0.4) is 0 Å². The van der Waals surface area contributed by atoms with Crippen LogP contribution in [0.5, 0.6) is 5.75 Å². The molecule has 0 atom stereocenters. The number of ether oxygens (including phenoxy) is 1. The predicted molar refractivity (Wildman–Crippen MR) is 82.9 cm³/mol. The summed E-state index contributed by atoms with van der Waals surface area (Å²) in [4.78, 5) is 16.1. The van der Waals surface area contributed by atoms with Crippen LogP contribution in [0.1, 0.15) is 11.4 Å². The van der Waals surface area contributed by atoms with E-state index in [-0.39, 0.29) is 17.5 Å². The summed E-state index contributed by atoms with van der Waals surface area (Å²) in [7, 11) is 1.86. The van der Waals surface area contributed by atoms with E-state index in [1.807, 2.05) is 23.9 Å². The van der Waals surface area contributed by atoms with E-state index in [2.05, 4.69) is 10.3 Å². The molecular formula is C14H16N4O2S. The van der Waals surface area contributed by atoms with Gasteiger partial charge in [-0.05, 0) is 12.1 Å². The summed E-state index contributed by atoms with van der Waals surface area (Å²) in [6, 6.07) is 7.08. The molecule has 0 bridgehead atoms. The maximum atomic E-state index is 11.8. The molecule has 6 nitrogen and oxygen atoms in total. The third kappa shape index (κ3) is 4.03. The van der Waals surface area contributed by atoms with Crippen LogP contribution >= 0.6 is 12.2 Å². The molecule has 0 saturated carbocycles. The third-order valence-corrected chi connectivity index (χ3v) is 3.10. The van der Waals surface area contributed by atoms with Gasteiger partial charge in [0.25, 0.3) is 5.91 Å². The van der Waals surface area contributed by atoms with Crippen LogP contribution < -0.4 is 15.8 Å². The van der Waals surface area contributed by atoms with Crippen LogP contribution in [0.2, 0.25) is 0 Å². The Labute approximate surface area is 127 Å². The second kappa shape index (κ2) is 6.85. The van der Waals surface area contributed by atoms with Crippen molar-refractivity contribution in [3.05, 3.63) is 48.0 Å². The minimum atomic E-state index is -0.240. The van der Waals surface area contributed by atoms with Gasteiger partial charge in [-0.2, -0.15) is 0 Å². The lowest BCUT2D eigenvalue weighted by Crippen LogP contribution is -2.29. The fraction of sp³-hybridized carbons (Fsp3) is 0.214. The van der Waals surface area contributed by atoms with Gasteiger partial charge in [-0.1, -0.05) is 24.4 Å². The van der Waals surface area contributed by atoms with Gasteiger partial charge < -0.3 is 20.4 Å². The maximum Gasteiger partial charge on any atom is 0.258 e. The predicted octanol–water partition coefficient (Wildman–Crippen LogP) is 0.749. The highest BCUT2D eigenvalue weighted by atomic mass is 32.1. The number of rotatable bonds is 6. The zero-order valence-corrected chi connectivity index (χ0v) is 12.4. The Morgan fingerprint density at radius 2 is 2.24 bits per heavy atom. The fourth-order valence-corrected chi connectivity index (χ4v) is 1.90. The van der Waals surface area contributed by atoms with Gasteiger partial charge >= 0.3 is 0 Å². The minimum Gasteiger partial charge on any atom is -0.483 e. The summed E-state index contributed by atoms with van der Waals surface area (Å²) in [6.07, 6.45) is 3.49. The van der Waals surface area contributed by atoms with Crippen LogP contribution in [0.25, 0.3) is 0 Å². The number of thiocarbonyl (C=S) groups is 1. The molecule has 1 aromatic heterocycles. The van der Waals surface area contributed by atoms with Crippen LogP contribution in [-0.4, -0.2) is 27.1 Å². The Balaban J connectivity index is 1.87. The standard InChI is InChI=1S/C14H16N4O2S/c1-18-7-6-16-12(18)8-17-13(19)9-20-11-5-3-2-4-10(11)14(15)21/h2-7H,8-9H2,1H3,(H2,15,21)(H,17,19). The maximum absolute atomic E-state index is 11.8. The van der Waals surface area contributed by atoms with Crippen molar-refractivity contribution in [1.82, 2.24) is 14.9 Å². The molecular weight excluding hydrogens is 288 g/mol. The molecule has 7 heteroatoms. The number of hydrogen-bond donors (Lipinski definition) is 2. The van der Waals surface area contributed by atoms with Gasteiger partial charge in [0.2, 0.25) is 0 Å². The number of carbonyl (C=O) groups excluding carboxylic acids is 1. The molecule has 0 unspecified atom stereocenters. The van der Waals surface area contributed by atoms with Crippen molar-refractivity contribution < 1.29 is 9.53 Å². The van der Waals surface area contributed by atoms with Crippen LogP contribution in [0.15, 0.2) is 36.7 Å². The summed E-state index contributed by atoms with van der Waals surface area (Å²) < 4.78 is 7.29. The lowest BCUT2D eigenvalue weighted by atomic mass is 10.2. The number of nitrogens with zero attached hydrogens (tertiary/aromatic N) is 2. The molecule has 1 aromatic carbocycles. The molecule has 0 spiro atoms. The number of aryl methyl sites for hydroxylation is 1.